The summed E-state index contributed by atoms with van der Waals surface area (Å²) in [5.41, 5.74) is 2.18. The molecule has 3 heterocycles. The van der Waals surface area contributed by atoms with Crippen molar-refractivity contribution in [2.45, 2.75) is 6.54 Å². The number of nitrogens with zero attached hydrogens (tertiary/aromatic N) is 2. The van der Waals surface area contributed by atoms with Crippen LogP contribution in [0.1, 0.15) is 4.88 Å². The van der Waals surface area contributed by atoms with Crippen LogP contribution in [-0.2, 0) is 11.3 Å². The van der Waals surface area contributed by atoms with Crippen molar-refractivity contribution >= 4 is 33.3 Å². The van der Waals surface area contributed by atoms with Crippen molar-refractivity contribution in [3.8, 4) is 0 Å². The van der Waals surface area contributed by atoms with E-state index in [-0.39, 0.29) is 0 Å². The third-order valence-corrected chi connectivity index (χ3v) is 4.77. The summed E-state index contributed by atoms with van der Waals surface area (Å²) in [7, 11) is 0. The molecule has 8 heteroatoms. The Morgan fingerprint density at radius 3 is 3.09 bits per heavy atom. The van der Waals surface area contributed by atoms with Crippen LogP contribution in [0.5, 0.6) is 0 Å². The quantitative estimate of drug-likeness (QED) is 0.760. The second-order valence-electron chi connectivity index (χ2n) is 5.29. The molecule has 23 heavy (non-hydrogen) atoms. The van der Waals surface area contributed by atoms with Gasteiger partial charge in [0.15, 0.2) is 10.7 Å². The standard InChI is InChI=1S/C15H16N4O3S/c20-15-18-12-7-10(1-2-13(12)22-15)16-8-11-9-17-14(23-11)19-3-5-21-6-4-19/h1-2,7,9,16H,3-6,8H2,(H,18,20). The number of fused-ring (bicyclic) bond motifs is 1. The number of nitrogens with one attached hydrogen (secondary N) is 2. The Labute approximate surface area is 135 Å². The number of aromatic nitrogens is 2. The Balaban J connectivity index is 1.43. The van der Waals surface area contributed by atoms with Crippen LogP contribution in [-0.4, -0.2) is 36.3 Å². The van der Waals surface area contributed by atoms with Gasteiger partial charge in [-0.3, -0.25) is 4.98 Å². The maximum atomic E-state index is 11.2. The Bertz CT molecular complexity index is 863. The Kier molecular flexibility index (Phi) is 3.76. The minimum Gasteiger partial charge on any atom is -0.408 e. The second-order valence-corrected chi connectivity index (χ2v) is 6.38. The van der Waals surface area contributed by atoms with Gasteiger partial charge in [0.2, 0.25) is 0 Å². The molecule has 3 aromatic rings. The largest absolute Gasteiger partial charge is 0.417 e. The molecule has 0 radical (unpaired) electrons. The molecule has 2 N–H and O–H groups in total. The van der Waals surface area contributed by atoms with Crippen LogP contribution in [0.15, 0.2) is 33.6 Å². The third-order valence-electron chi connectivity index (χ3n) is 3.71. The molecule has 1 fully saturated rings. The van der Waals surface area contributed by atoms with Crippen LogP contribution >= 0.6 is 11.3 Å². The number of oxazole rings is 1. The first kappa shape index (κ1) is 14.3. The molecule has 0 saturated carbocycles. The zero-order chi connectivity index (χ0) is 15.6. The van der Waals surface area contributed by atoms with Gasteiger partial charge in [-0.05, 0) is 18.2 Å². The molecule has 0 amide bonds. The number of thiazole rings is 1. The smallest absolute Gasteiger partial charge is 0.408 e. The number of H-pyrrole nitrogens is 1. The molecular formula is C15H16N4O3S. The monoisotopic (exact) mass is 332 g/mol. The van der Waals surface area contributed by atoms with Gasteiger partial charge in [0.05, 0.1) is 25.3 Å². The summed E-state index contributed by atoms with van der Waals surface area (Å²) in [6.07, 6.45) is 1.90. The first-order valence-corrected chi connectivity index (χ1v) is 8.24. The lowest BCUT2D eigenvalue weighted by molar-refractivity contribution is 0.122. The number of morpholine rings is 1. The maximum Gasteiger partial charge on any atom is 0.417 e. The lowest BCUT2D eigenvalue weighted by Gasteiger charge is -2.25. The molecule has 2 aromatic heterocycles. The second kappa shape index (κ2) is 6.05. The van der Waals surface area contributed by atoms with Gasteiger partial charge in [-0.2, -0.15) is 0 Å². The molecule has 1 aliphatic rings. The van der Waals surface area contributed by atoms with Gasteiger partial charge in [0.1, 0.15) is 0 Å². The molecule has 1 saturated heterocycles. The van der Waals surface area contributed by atoms with E-state index in [0.29, 0.717) is 17.6 Å². The molecular weight excluding hydrogens is 316 g/mol. The summed E-state index contributed by atoms with van der Waals surface area (Å²) in [4.78, 5) is 21.7. The summed E-state index contributed by atoms with van der Waals surface area (Å²) < 4.78 is 10.4. The van der Waals surface area contributed by atoms with Gasteiger partial charge in [0.25, 0.3) is 0 Å². The molecule has 0 spiro atoms. The average molecular weight is 332 g/mol. The number of hydrogen-bond donors (Lipinski definition) is 2. The molecule has 0 unspecified atom stereocenters. The van der Waals surface area contributed by atoms with Gasteiger partial charge in [-0.1, -0.05) is 0 Å². The van der Waals surface area contributed by atoms with Crippen molar-refractivity contribution in [1.82, 2.24) is 9.97 Å². The van der Waals surface area contributed by atoms with Crippen molar-refractivity contribution in [2.24, 2.45) is 0 Å². The van der Waals surface area contributed by atoms with Gasteiger partial charge < -0.3 is 19.4 Å². The summed E-state index contributed by atoms with van der Waals surface area (Å²) in [6.45, 7) is 4.00. The molecule has 0 atom stereocenters. The lowest BCUT2D eigenvalue weighted by Crippen LogP contribution is -2.36. The van der Waals surface area contributed by atoms with Crippen LogP contribution in [0.4, 0.5) is 10.8 Å². The number of rotatable bonds is 4. The molecule has 7 nitrogen and oxygen atoms in total. The minimum atomic E-state index is -0.435. The topological polar surface area (TPSA) is 83.4 Å². The zero-order valence-electron chi connectivity index (χ0n) is 12.4. The zero-order valence-corrected chi connectivity index (χ0v) is 13.2. The highest BCUT2D eigenvalue weighted by Crippen LogP contribution is 2.24. The molecule has 1 aliphatic heterocycles. The van der Waals surface area contributed by atoms with Crippen molar-refractivity contribution in [3.63, 3.8) is 0 Å². The van der Waals surface area contributed by atoms with E-state index < -0.39 is 5.76 Å². The van der Waals surface area contributed by atoms with Crippen molar-refractivity contribution in [3.05, 3.63) is 39.8 Å². The number of benzene rings is 1. The SMILES string of the molecule is O=c1[nH]c2cc(NCc3cnc(N4CCOCC4)s3)ccc2o1. The van der Waals surface area contributed by atoms with E-state index in [1.54, 1.807) is 17.4 Å². The van der Waals surface area contributed by atoms with Crippen LogP contribution < -0.4 is 16.0 Å². The van der Waals surface area contributed by atoms with E-state index in [9.17, 15) is 4.79 Å². The molecule has 0 aliphatic carbocycles. The van der Waals surface area contributed by atoms with Gasteiger partial charge in [-0.15, -0.1) is 11.3 Å². The maximum absolute atomic E-state index is 11.2. The molecule has 0 bridgehead atoms. The number of aromatic amines is 1. The molecule has 4 rings (SSSR count). The highest BCUT2D eigenvalue weighted by Gasteiger charge is 2.14. The number of anilines is 2. The van der Waals surface area contributed by atoms with Gasteiger partial charge >= 0.3 is 5.76 Å². The normalized spacial score (nSPS) is 15.2. The Hall–Kier alpha value is -2.32. The van der Waals surface area contributed by atoms with E-state index in [4.69, 9.17) is 9.15 Å². The van der Waals surface area contributed by atoms with Crippen molar-refractivity contribution in [1.29, 1.82) is 0 Å². The fourth-order valence-electron chi connectivity index (χ4n) is 2.53. The van der Waals surface area contributed by atoms with Crippen LogP contribution in [0.2, 0.25) is 0 Å². The van der Waals surface area contributed by atoms with E-state index >= 15 is 0 Å². The molecule has 120 valence electrons. The van der Waals surface area contributed by atoms with E-state index in [2.05, 4.69) is 20.2 Å². The predicted molar refractivity (Wildman–Crippen MR) is 89.3 cm³/mol. The third kappa shape index (κ3) is 3.08. The number of hydrogen-bond acceptors (Lipinski definition) is 7. The minimum absolute atomic E-state index is 0.435. The lowest BCUT2D eigenvalue weighted by atomic mass is 10.3. The van der Waals surface area contributed by atoms with Gasteiger partial charge in [-0.25, -0.2) is 9.78 Å². The fraction of sp³-hybridized carbons (Fsp3) is 0.333. The first-order valence-electron chi connectivity index (χ1n) is 7.42. The highest BCUT2D eigenvalue weighted by atomic mass is 32.1. The van der Waals surface area contributed by atoms with Crippen LogP contribution in [0.25, 0.3) is 11.1 Å². The summed E-state index contributed by atoms with van der Waals surface area (Å²) in [5, 5.41) is 4.38. The van der Waals surface area contributed by atoms with E-state index in [0.717, 1.165) is 42.0 Å². The summed E-state index contributed by atoms with van der Waals surface area (Å²) in [5.74, 6) is -0.435. The predicted octanol–water partition coefficient (Wildman–Crippen LogP) is 2.03. The van der Waals surface area contributed by atoms with Crippen molar-refractivity contribution < 1.29 is 9.15 Å². The average Bonchev–Trinajstić information content (AvgIpc) is 3.18. The van der Waals surface area contributed by atoms with Crippen LogP contribution in [0, 0.1) is 0 Å². The van der Waals surface area contributed by atoms with Crippen LogP contribution in [0.3, 0.4) is 0 Å². The van der Waals surface area contributed by atoms with Crippen molar-refractivity contribution in [2.75, 3.05) is 36.5 Å². The highest BCUT2D eigenvalue weighted by molar-refractivity contribution is 7.15. The Morgan fingerprint density at radius 2 is 2.22 bits per heavy atom. The summed E-state index contributed by atoms with van der Waals surface area (Å²) >= 11 is 1.69. The molecule has 1 aromatic carbocycles. The Morgan fingerprint density at radius 1 is 1.35 bits per heavy atom. The first-order chi connectivity index (χ1) is 11.3. The van der Waals surface area contributed by atoms with Gasteiger partial charge in [0, 0.05) is 29.9 Å². The van der Waals surface area contributed by atoms with E-state index in [1.807, 2.05) is 18.3 Å². The fourth-order valence-corrected chi connectivity index (χ4v) is 3.43. The van der Waals surface area contributed by atoms with E-state index in [1.165, 1.54) is 0 Å². The summed E-state index contributed by atoms with van der Waals surface area (Å²) in [6, 6.07) is 5.54. The number of ether oxygens (including phenoxy) is 1.